The summed E-state index contributed by atoms with van der Waals surface area (Å²) in [6, 6.07) is 14.2. The number of piperidine rings is 1. The minimum absolute atomic E-state index is 0.181. The smallest absolute Gasteiger partial charge is 0.256 e. The molecule has 2 aromatic carbocycles. The third-order valence-corrected chi connectivity index (χ3v) is 5.62. The van der Waals surface area contributed by atoms with Crippen molar-refractivity contribution in [2.24, 2.45) is 0 Å². The van der Waals surface area contributed by atoms with Crippen LogP contribution in [0.25, 0.3) is 10.8 Å². The van der Waals surface area contributed by atoms with Gasteiger partial charge in [-0.05, 0) is 56.4 Å². The Bertz CT molecular complexity index is 769. The SMILES string of the molecule is CN(C)CCN(C)C1CCN(C(=O)[C@H](O)c2ccc3ccccc3c2)CC1. The molecular formula is C22H31N3O2. The van der Waals surface area contributed by atoms with Crippen LogP contribution in [0.4, 0.5) is 0 Å². The van der Waals surface area contributed by atoms with Crippen molar-refractivity contribution in [3.63, 3.8) is 0 Å². The molecule has 0 aromatic heterocycles. The van der Waals surface area contributed by atoms with Crippen LogP contribution in [0.5, 0.6) is 0 Å². The number of aliphatic hydroxyl groups is 1. The average Bonchev–Trinajstić information content (AvgIpc) is 2.70. The molecule has 146 valence electrons. The van der Waals surface area contributed by atoms with Crippen LogP contribution in [0, 0.1) is 0 Å². The Kier molecular flexibility index (Phi) is 6.47. The van der Waals surface area contributed by atoms with Crippen molar-refractivity contribution in [3.05, 3.63) is 48.0 Å². The molecule has 1 atom stereocenters. The second kappa shape index (κ2) is 8.83. The van der Waals surface area contributed by atoms with Gasteiger partial charge in [-0.2, -0.15) is 0 Å². The molecule has 0 aliphatic carbocycles. The second-order valence-corrected chi connectivity index (χ2v) is 7.85. The molecule has 1 aliphatic heterocycles. The normalized spacial score (nSPS) is 17.0. The molecule has 0 unspecified atom stereocenters. The number of benzene rings is 2. The molecular weight excluding hydrogens is 338 g/mol. The topological polar surface area (TPSA) is 47.0 Å². The van der Waals surface area contributed by atoms with E-state index in [9.17, 15) is 9.90 Å². The van der Waals surface area contributed by atoms with Gasteiger partial charge in [-0.1, -0.05) is 36.4 Å². The molecule has 1 N–H and O–H groups in total. The molecule has 3 rings (SSSR count). The van der Waals surface area contributed by atoms with Crippen LogP contribution in [-0.4, -0.2) is 79.1 Å². The van der Waals surface area contributed by atoms with Crippen molar-refractivity contribution >= 4 is 16.7 Å². The zero-order valence-electron chi connectivity index (χ0n) is 16.6. The summed E-state index contributed by atoms with van der Waals surface area (Å²) in [5, 5.41) is 12.8. The zero-order chi connectivity index (χ0) is 19.4. The third kappa shape index (κ3) is 4.86. The number of carbonyl (C=O) groups excluding carboxylic acids is 1. The van der Waals surface area contributed by atoms with E-state index in [1.54, 1.807) is 0 Å². The Hall–Kier alpha value is -1.95. The highest BCUT2D eigenvalue weighted by molar-refractivity contribution is 5.87. The maximum absolute atomic E-state index is 12.8. The number of hydrogen-bond donors (Lipinski definition) is 1. The first-order valence-corrected chi connectivity index (χ1v) is 9.76. The summed E-state index contributed by atoms with van der Waals surface area (Å²) in [6.07, 6.45) is 0.831. The van der Waals surface area contributed by atoms with Gasteiger partial charge in [0, 0.05) is 32.2 Å². The van der Waals surface area contributed by atoms with Gasteiger partial charge in [0.1, 0.15) is 0 Å². The molecule has 0 radical (unpaired) electrons. The van der Waals surface area contributed by atoms with Gasteiger partial charge in [0.15, 0.2) is 6.10 Å². The Morgan fingerprint density at radius 3 is 2.41 bits per heavy atom. The summed E-state index contributed by atoms with van der Waals surface area (Å²) in [4.78, 5) is 19.2. The quantitative estimate of drug-likeness (QED) is 0.849. The number of aliphatic hydroxyl groups excluding tert-OH is 1. The van der Waals surface area contributed by atoms with Gasteiger partial charge in [0.05, 0.1) is 0 Å². The summed E-state index contributed by atoms with van der Waals surface area (Å²) >= 11 is 0. The van der Waals surface area contributed by atoms with Crippen LogP contribution in [-0.2, 0) is 4.79 Å². The second-order valence-electron chi connectivity index (χ2n) is 7.85. The molecule has 1 heterocycles. The first-order valence-electron chi connectivity index (χ1n) is 9.76. The molecule has 1 saturated heterocycles. The molecule has 0 saturated carbocycles. The summed E-state index contributed by atoms with van der Waals surface area (Å²) < 4.78 is 0. The fourth-order valence-electron chi connectivity index (χ4n) is 3.76. The lowest BCUT2D eigenvalue weighted by Gasteiger charge is -2.37. The van der Waals surface area contributed by atoms with E-state index in [4.69, 9.17) is 0 Å². The number of hydrogen-bond acceptors (Lipinski definition) is 4. The number of likely N-dealkylation sites (tertiary alicyclic amines) is 1. The van der Waals surface area contributed by atoms with Crippen molar-refractivity contribution in [1.82, 2.24) is 14.7 Å². The minimum Gasteiger partial charge on any atom is -0.378 e. The Morgan fingerprint density at radius 2 is 1.74 bits per heavy atom. The van der Waals surface area contributed by atoms with Crippen LogP contribution >= 0.6 is 0 Å². The molecule has 5 heteroatoms. The molecule has 2 aromatic rings. The lowest BCUT2D eigenvalue weighted by Crippen LogP contribution is -2.47. The standard InChI is InChI=1S/C22H31N3O2/c1-23(2)14-15-24(3)20-10-12-25(13-11-20)22(27)21(26)19-9-8-17-6-4-5-7-18(17)16-19/h4-9,16,20-21,26H,10-15H2,1-3H3/t21-/m1/s1. The van der Waals surface area contributed by atoms with Gasteiger partial charge in [0.25, 0.3) is 5.91 Å². The zero-order valence-corrected chi connectivity index (χ0v) is 16.6. The van der Waals surface area contributed by atoms with Crippen LogP contribution in [0.1, 0.15) is 24.5 Å². The number of likely N-dealkylation sites (N-methyl/N-ethyl adjacent to an activating group) is 2. The van der Waals surface area contributed by atoms with E-state index in [1.807, 2.05) is 47.4 Å². The van der Waals surface area contributed by atoms with Gasteiger partial charge in [-0.15, -0.1) is 0 Å². The summed E-state index contributed by atoms with van der Waals surface area (Å²) in [5.41, 5.74) is 0.670. The van der Waals surface area contributed by atoms with Gasteiger partial charge in [-0.25, -0.2) is 0 Å². The number of rotatable bonds is 6. The van der Waals surface area contributed by atoms with E-state index in [-0.39, 0.29) is 5.91 Å². The summed E-state index contributed by atoms with van der Waals surface area (Å²) in [5.74, 6) is -0.181. The Balaban J connectivity index is 1.58. The van der Waals surface area contributed by atoms with Crippen LogP contribution < -0.4 is 0 Å². The van der Waals surface area contributed by atoms with E-state index in [1.165, 1.54) is 0 Å². The fourth-order valence-corrected chi connectivity index (χ4v) is 3.76. The monoisotopic (exact) mass is 369 g/mol. The molecule has 1 amide bonds. The lowest BCUT2D eigenvalue weighted by molar-refractivity contribution is -0.142. The summed E-state index contributed by atoms with van der Waals surface area (Å²) in [7, 11) is 6.34. The number of amides is 1. The van der Waals surface area contributed by atoms with Gasteiger partial charge < -0.3 is 19.8 Å². The van der Waals surface area contributed by atoms with E-state index in [0.29, 0.717) is 24.7 Å². The fraction of sp³-hybridized carbons (Fsp3) is 0.500. The molecule has 5 nitrogen and oxygen atoms in total. The van der Waals surface area contributed by atoms with Crippen LogP contribution in [0.15, 0.2) is 42.5 Å². The highest BCUT2D eigenvalue weighted by Crippen LogP contribution is 2.24. The van der Waals surface area contributed by atoms with E-state index < -0.39 is 6.10 Å². The predicted octanol–water partition coefficient (Wildman–Crippen LogP) is 2.36. The van der Waals surface area contributed by atoms with Crippen molar-refractivity contribution in [2.75, 3.05) is 47.3 Å². The Labute approximate surface area is 162 Å². The first kappa shape index (κ1) is 19.8. The Morgan fingerprint density at radius 1 is 1.07 bits per heavy atom. The first-order chi connectivity index (χ1) is 13.0. The van der Waals surface area contributed by atoms with Crippen molar-refractivity contribution in [2.45, 2.75) is 25.0 Å². The molecule has 1 aliphatic rings. The summed E-state index contributed by atoms with van der Waals surface area (Å²) in [6.45, 7) is 3.49. The van der Waals surface area contributed by atoms with Crippen LogP contribution in [0.3, 0.4) is 0 Å². The molecule has 27 heavy (non-hydrogen) atoms. The van der Waals surface area contributed by atoms with Crippen LogP contribution in [0.2, 0.25) is 0 Å². The number of nitrogens with zero attached hydrogens (tertiary/aromatic N) is 3. The number of fused-ring (bicyclic) bond motifs is 1. The largest absolute Gasteiger partial charge is 0.378 e. The highest BCUT2D eigenvalue weighted by Gasteiger charge is 2.29. The van der Waals surface area contributed by atoms with Gasteiger partial charge in [-0.3, -0.25) is 4.79 Å². The third-order valence-electron chi connectivity index (χ3n) is 5.62. The van der Waals surface area contributed by atoms with E-state index in [0.717, 1.165) is 36.7 Å². The molecule has 0 bridgehead atoms. The minimum atomic E-state index is -1.09. The van der Waals surface area contributed by atoms with E-state index in [2.05, 4.69) is 30.9 Å². The molecule has 0 spiro atoms. The van der Waals surface area contributed by atoms with Crippen molar-refractivity contribution in [1.29, 1.82) is 0 Å². The molecule has 1 fully saturated rings. The highest BCUT2D eigenvalue weighted by atomic mass is 16.3. The van der Waals surface area contributed by atoms with Gasteiger partial charge >= 0.3 is 0 Å². The number of carbonyl (C=O) groups is 1. The van der Waals surface area contributed by atoms with Gasteiger partial charge in [0.2, 0.25) is 0 Å². The maximum Gasteiger partial charge on any atom is 0.256 e. The van der Waals surface area contributed by atoms with Crippen molar-refractivity contribution in [3.8, 4) is 0 Å². The lowest BCUT2D eigenvalue weighted by atomic mass is 10.00. The average molecular weight is 370 g/mol. The predicted molar refractivity (Wildman–Crippen MR) is 110 cm³/mol. The van der Waals surface area contributed by atoms with E-state index >= 15 is 0 Å². The maximum atomic E-state index is 12.8. The van der Waals surface area contributed by atoms with Crippen molar-refractivity contribution < 1.29 is 9.90 Å².